The minimum Gasteiger partial charge on any atom is -0.497 e. The van der Waals surface area contributed by atoms with Gasteiger partial charge in [-0.3, -0.25) is 4.79 Å². The minimum absolute atomic E-state index is 0. The third-order valence-electron chi connectivity index (χ3n) is 2.26. The van der Waals surface area contributed by atoms with Crippen molar-refractivity contribution in [3.8, 4) is 5.75 Å². The van der Waals surface area contributed by atoms with Crippen molar-refractivity contribution in [2.75, 3.05) is 26.7 Å². The maximum Gasteiger partial charge on any atom is 0.254 e. The molecule has 0 aliphatic carbocycles. The van der Waals surface area contributed by atoms with Gasteiger partial charge in [-0.05, 0) is 18.7 Å². The van der Waals surface area contributed by atoms with Crippen molar-refractivity contribution in [1.82, 2.24) is 10.6 Å². The van der Waals surface area contributed by atoms with E-state index in [9.17, 15) is 9.18 Å². The van der Waals surface area contributed by atoms with Crippen LogP contribution in [0.2, 0.25) is 0 Å². The van der Waals surface area contributed by atoms with E-state index in [4.69, 9.17) is 4.74 Å². The Balaban J connectivity index is 0.00000289. The van der Waals surface area contributed by atoms with Crippen LogP contribution < -0.4 is 15.4 Å². The number of hydrogen-bond donors (Lipinski definition) is 2. The summed E-state index contributed by atoms with van der Waals surface area (Å²) in [5, 5.41) is 5.69. The summed E-state index contributed by atoms with van der Waals surface area (Å²) in [5.41, 5.74) is 0.0299. The van der Waals surface area contributed by atoms with Crippen molar-refractivity contribution in [3.05, 3.63) is 29.6 Å². The molecule has 1 aromatic carbocycles. The van der Waals surface area contributed by atoms with E-state index in [0.29, 0.717) is 18.8 Å². The zero-order valence-electron chi connectivity index (χ0n) is 10.5. The number of rotatable bonds is 6. The van der Waals surface area contributed by atoms with Gasteiger partial charge < -0.3 is 15.4 Å². The molecule has 1 aromatic rings. The van der Waals surface area contributed by atoms with Gasteiger partial charge in [-0.25, -0.2) is 4.39 Å². The summed E-state index contributed by atoms with van der Waals surface area (Å²) in [7, 11) is 1.45. The van der Waals surface area contributed by atoms with E-state index in [0.717, 1.165) is 6.54 Å². The van der Waals surface area contributed by atoms with E-state index in [1.54, 1.807) is 6.07 Å². The molecule has 0 heterocycles. The van der Waals surface area contributed by atoms with Gasteiger partial charge in [0.15, 0.2) is 0 Å². The molecule has 18 heavy (non-hydrogen) atoms. The lowest BCUT2D eigenvalue weighted by atomic mass is 10.2. The third-order valence-corrected chi connectivity index (χ3v) is 2.26. The van der Waals surface area contributed by atoms with Crippen molar-refractivity contribution in [2.24, 2.45) is 0 Å². The molecule has 0 fully saturated rings. The summed E-state index contributed by atoms with van der Waals surface area (Å²) in [4.78, 5) is 11.6. The van der Waals surface area contributed by atoms with Crippen LogP contribution in [0.5, 0.6) is 5.75 Å². The molecule has 0 aliphatic rings. The first-order chi connectivity index (χ1) is 8.19. The van der Waals surface area contributed by atoms with Gasteiger partial charge in [0.2, 0.25) is 0 Å². The van der Waals surface area contributed by atoms with E-state index in [2.05, 4.69) is 10.6 Å². The number of ether oxygens (including phenoxy) is 1. The van der Waals surface area contributed by atoms with Crippen LogP contribution in [0.3, 0.4) is 0 Å². The van der Waals surface area contributed by atoms with Crippen LogP contribution in [0.15, 0.2) is 18.2 Å². The lowest BCUT2D eigenvalue weighted by Crippen LogP contribution is -2.32. The van der Waals surface area contributed by atoms with Gasteiger partial charge in [-0.2, -0.15) is 0 Å². The molecule has 4 nitrogen and oxygen atoms in total. The van der Waals surface area contributed by atoms with Crippen LogP contribution in [-0.2, 0) is 0 Å². The molecule has 0 saturated heterocycles. The molecule has 0 atom stereocenters. The summed E-state index contributed by atoms with van der Waals surface area (Å²) in [6, 6.07) is 4.16. The summed E-state index contributed by atoms with van der Waals surface area (Å²) in [5.74, 6) is -0.597. The lowest BCUT2D eigenvalue weighted by Gasteiger charge is -2.07. The van der Waals surface area contributed by atoms with Crippen molar-refractivity contribution in [1.29, 1.82) is 0 Å². The van der Waals surface area contributed by atoms with Gasteiger partial charge in [0.25, 0.3) is 5.91 Å². The van der Waals surface area contributed by atoms with Crippen molar-refractivity contribution in [2.45, 2.75) is 6.92 Å². The van der Waals surface area contributed by atoms with Crippen molar-refractivity contribution >= 4 is 18.3 Å². The second kappa shape index (κ2) is 8.72. The Labute approximate surface area is 112 Å². The van der Waals surface area contributed by atoms with Crippen LogP contribution in [0.25, 0.3) is 0 Å². The zero-order valence-corrected chi connectivity index (χ0v) is 11.3. The third kappa shape index (κ3) is 4.89. The Morgan fingerprint density at radius 2 is 2.11 bits per heavy atom. The Hall–Kier alpha value is -1.33. The number of methoxy groups -OCH3 is 1. The summed E-state index contributed by atoms with van der Waals surface area (Å²) in [6.45, 7) is 3.95. The summed E-state index contributed by atoms with van der Waals surface area (Å²) >= 11 is 0. The average molecular weight is 277 g/mol. The number of hydrogen-bond acceptors (Lipinski definition) is 3. The van der Waals surface area contributed by atoms with Crippen LogP contribution >= 0.6 is 12.4 Å². The predicted molar refractivity (Wildman–Crippen MR) is 71.1 cm³/mol. The number of nitrogens with one attached hydrogen (secondary N) is 2. The Kier molecular flexibility index (Phi) is 8.07. The molecule has 1 amide bonds. The highest BCUT2D eigenvalue weighted by molar-refractivity contribution is 5.94. The van der Waals surface area contributed by atoms with Gasteiger partial charge in [-0.1, -0.05) is 6.92 Å². The molecular weight excluding hydrogens is 259 g/mol. The normalized spacial score (nSPS) is 9.50. The number of carbonyl (C=O) groups is 1. The predicted octanol–water partition coefficient (Wildman–Crippen LogP) is 1.60. The number of benzene rings is 1. The van der Waals surface area contributed by atoms with E-state index >= 15 is 0 Å². The van der Waals surface area contributed by atoms with E-state index in [1.165, 1.54) is 19.2 Å². The summed E-state index contributed by atoms with van der Waals surface area (Å²) in [6.07, 6.45) is 0. The standard InChI is InChI=1S/C12H17FN2O2.ClH/c1-3-14-6-7-15-12(16)10-5-4-9(17-2)8-11(10)13;/h4-5,8,14H,3,6-7H2,1-2H3,(H,15,16);1H. The fourth-order valence-electron chi connectivity index (χ4n) is 1.34. The number of halogens is 2. The molecule has 0 radical (unpaired) electrons. The molecule has 102 valence electrons. The van der Waals surface area contributed by atoms with Crippen molar-refractivity contribution < 1.29 is 13.9 Å². The highest BCUT2D eigenvalue weighted by atomic mass is 35.5. The van der Waals surface area contributed by atoms with E-state index < -0.39 is 11.7 Å². The first-order valence-corrected chi connectivity index (χ1v) is 5.51. The second-order valence-electron chi connectivity index (χ2n) is 3.46. The Morgan fingerprint density at radius 1 is 1.39 bits per heavy atom. The van der Waals surface area contributed by atoms with Gasteiger partial charge in [0.1, 0.15) is 11.6 Å². The molecule has 0 unspecified atom stereocenters. The van der Waals surface area contributed by atoms with Gasteiger partial charge >= 0.3 is 0 Å². The Bertz CT molecular complexity index is 388. The van der Waals surface area contributed by atoms with Crippen LogP contribution in [0.1, 0.15) is 17.3 Å². The highest BCUT2D eigenvalue weighted by Crippen LogP contribution is 2.15. The molecule has 0 aliphatic heterocycles. The molecular formula is C12H18ClFN2O2. The van der Waals surface area contributed by atoms with Crippen LogP contribution in [0.4, 0.5) is 4.39 Å². The highest BCUT2D eigenvalue weighted by Gasteiger charge is 2.11. The maximum atomic E-state index is 13.5. The largest absolute Gasteiger partial charge is 0.497 e. The van der Waals surface area contributed by atoms with Crippen molar-refractivity contribution in [3.63, 3.8) is 0 Å². The smallest absolute Gasteiger partial charge is 0.254 e. The fraction of sp³-hybridized carbons (Fsp3) is 0.417. The first-order valence-electron chi connectivity index (χ1n) is 5.51. The second-order valence-corrected chi connectivity index (χ2v) is 3.46. The zero-order chi connectivity index (χ0) is 12.7. The number of amides is 1. The molecule has 0 saturated carbocycles. The average Bonchev–Trinajstić information content (AvgIpc) is 2.34. The number of likely N-dealkylation sites (N-methyl/N-ethyl adjacent to an activating group) is 1. The monoisotopic (exact) mass is 276 g/mol. The maximum absolute atomic E-state index is 13.5. The van der Waals surface area contributed by atoms with Crippen LogP contribution in [0, 0.1) is 5.82 Å². The van der Waals surface area contributed by atoms with Crippen LogP contribution in [-0.4, -0.2) is 32.7 Å². The minimum atomic E-state index is -0.578. The SMILES string of the molecule is CCNCCNC(=O)c1ccc(OC)cc1F.Cl. The first kappa shape index (κ1) is 16.7. The Morgan fingerprint density at radius 3 is 2.67 bits per heavy atom. The summed E-state index contributed by atoms with van der Waals surface area (Å²) < 4.78 is 18.4. The quantitative estimate of drug-likeness (QED) is 0.776. The fourth-order valence-corrected chi connectivity index (χ4v) is 1.34. The molecule has 6 heteroatoms. The van der Waals surface area contributed by atoms with Gasteiger partial charge in [-0.15, -0.1) is 12.4 Å². The van der Waals surface area contributed by atoms with Gasteiger partial charge in [0.05, 0.1) is 12.7 Å². The molecule has 0 bridgehead atoms. The molecule has 2 N–H and O–H groups in total. The molecule has 0 spiro atoms. The molecule has 0 aromatic heterocycles. The molecule has 1 rings (SSSR count). The lowest BCUT2D eigenvalue weighted by molar-refractivity contribution is 0.0950. The van der Waals surface area contributed by atoms with Gasteiger partial charge in [0, 0.05) is 19.2 Å². The topological polar surface area (TPSA) is 50.4 Å². The number of carbonyl (C=O) groups excluding carboxylic acids is 1. The van der Waals surface area contributed by atoms with E-state index in [-0.39, 0.29) is 18.0 Å². The van der Waals surface area contributed by atoms with E-state index in [1.807, 2.05) is 6.92 Å².